The van der Waals surface area contributed by atoms with Gasteiger partial charge in [0.2, 0.25) is 0 Å². The molecule has 2 unspecified atom stereocenters. The maximum absolute atomic E-state index is 6.12. The SMILES string of the molecule is CN1CCN(C)C(CN=C(N)NC2CCOc3ccccc32)C1.I. The van der Waals surface area contributed by atoms with Crippen molar-refractivity contribution < 1.29 is 4.74 Å². The predicted molar refractivity (Wildman–Crippen MR) is 108 cm³/mol. The maximum Gasteiger partial charge on any atom is 0.189 e. The van der Waals surface area contributed by atoms with E-state index in [0.717, 1.165) is 43.9 Å². The summed E-state index contributed by atoms with van der Waals surface area (Å²) < 4.78 is 5.68. The molecule has 0 saturated carbocycles. The van der Waals surface area contributed by atoms with Crippen LogP contribution in [0.25, 0.3) is 0 Å². The van der Waals surface area contributed by atoms with Crippen molar-refractivity contribution in [3.8, 4) is 5.75 Å². The van der Waals surface area contributed by atoms with E-state index in [1.165, 1.54) is 0 Å². The van der Waals surface area contributed by atoms with Crippen LogP contribution in [0.2, 0.25) is 0 Å². The largest absolute Gasteiger partial charge is 0.493 e. The van der Waals surface area contributed by atoms with Gasteiger partial charge < -0.3 is 20.7 Å². The molecule has 0 bridgehead atoms. The summed E-state index contributed by atoms with van der Waals surface area (Å²) in [5.41, 5.74) is 7.28. The van der Waals surface area contributed by atoms with E-state index in [4.69, 9.17) is 10.5 Å². The summed E-state index contributed by atoms with van der Waals surface area (Å²) in [5, 5.41) is 3.36. The molecule has 0 amide bonds. The second-order valence-electron chi connectivity index (χ2n) is 6.49. The summed E-state index contributed by atoms with van der Waals surface area (Å²) in [6.45, 7) is 4.66. The molecule has 1 fully saturated rings. The molecular weight excluding hydrogens is 417 g/mol. The van der Waals surface area contributed by atoms with Gasteiger partial charge in [-0.15, -0.1) is 24.0 Å². The second-order valence-corrected chi connectivity index (χ2v) is 6.49. The smallest absolute Gasteiger partial charge is 0.189 e. The van der Waals surface area contributed by atoms with Crippen LogP contribution in [0.15, 0.2) is 29.3 Å². The molecule has 1 saturated heterocycles. The van der Waals surface area contributed by atoms with Crippen LogP contribution < -0.4 is 15.8 Å². The highest BCUT2D eigenvalue weighted by atomic mass is 127. The first-order chi connectivity index (χ1) is 11.1. The number of piperazine rings is 1. The van der Waals surface area contributed by atoms with Gasteiger partial charge in [0.1, 0.15) is 5.75 Å². The highest BCUT2D eigenvalue weighted by molar-refractivity contribution is 14.0. The molecule has 0 aliphatic carbocycles. The standard InChI is InChI=1S/C17H27N5O.HI/c1-21-8-9-22(2)13(12-21)11-19-17(18)20-15-7-10-23-16-6-4-3-5-14(15)16;/h3-6,13,15H,7-12H2,1-2H3,(H3,18,19,20);1H. The Morgan fingerprint density at radius 1 is 1.33 bits per heavy atom. The van der Waals surface area contributed by atoms with Gasteiger partial charge in [-0.25, -0.2) is 0 Å². The molecule has 1 aromatic rings. The molecular formula is C17H28IN5O. The summed E-state index contributed by atoms with van der Waals surface area (Å²) >= 11 is 0. The number of halogens is 1. The highest BCUT2D eigenvalue weighted by Crippen LogP contribution is 2.31. The van der Waals surface area contributed by atoms with Crippen molar-refractivity contribution >= 4 is 29.9 Å². The van der Waals surface area contributed by atoms with Gasteiger partial charge in [-0.3, -0.25) is 9.89 Å². The van der Waals surface area contributed by atoms with Gasteiger partial charge in [0, 0.05) is 37.7 Å². The van der Waals surface area contributed by atoms with Crippen molar-refractivity contribution in [2.75, 3.05) is 46.9 Å². The van der Waals surface area contributed by atoms with E-state index in [1.807, 2.05) is 18.2 Å². The van der Waals surface area contributed by atoms with E-state index in [-0.39, 0.29) is 30.0 Å². The van der Waals surface area contributed by atoms with Crippen LogP contribution in [-0.2, 0) is 0 Å². The van der Waals surface area contributed by atoms with Crippen LogP contribution in [0.1, 0.15) is 18.0 Å². The zero-order valence-electron chi connectivity index (χ0n) is 14.4. The minimum absolute atomic E-state index is 0. The number of fused-ring (bicyclic) bond motifs is 1. The van der Waals surface area contributed by atoms with E-state index in [9.17, 15) is 0 Å². The first kappa shape index (κ1) is 19.3. The lowest BCUT2D eigenvalue weighted by Gasteiger charge is -2.37. The Morgan fingerprint density at radius 2 is 2.12 bits per heavy atom. The van der Waals surface area contributed by atoms with Crippen LogP contribution in [0.5, 0.6) is 5.75 Å². The number of hydrogen-bond acceptors (Lipinski definition) is 4. The lowest BCUT2D eigenvalue weighted by atomic mass is 10.0. The number of rotatable bonds is 3. The van der Waals surface area contributed by atoms with Crippen molar-refractivity contribution in [1.29, 1.82) is 0 Å². The molecule has 3 rings (SSSR count). The van der Waals surface area contributed by atoms with Gasteiger partial charge in [0.05, 0.1) is 19.2 Å². The summed E-state index contributed by atoms with van der Waals surface area (Å²) in [4.78, 5) is 9.28. The third kappa shape index (κ3) is 4.73. The molecule has 1 aromatic carbocycles. The van der Waals surface area contributed by atoms with Gasteiger partial charge >= 0.3 is 0 Å². The Morgan fingerprint density at radius 3 is 2.96 bits per heavy atom. The lowest BCUT2D eigenvalue weighted by Crippen LogP contribution is -2.51. The maximum atomic E-state index is 6.12. The first-order valence-electron chi connectivity index (χ1n) is 8.30. The number of aliphatic imine (C=N–C) groups is 1. The number of hydrogen-bond donors (Lipinski definition) is 2. The van der Waals surface area contributed by atoms with Crippen LogP contribution in [0.4, 0.5) is 0 Å². The molecule has 3 N–H and O–H groups in total. The predicted octanol–water partition coefficient (Wildman–Crippen LogP) is 1.28. The number of nitrogens with one attached hydrogen (secondary N) is 1. The minimum atomic E-state index is 0. The molecule has 6 nitrogen and oxygen atoms in total. The van der Waals surface area contributed by atoms with E-state index in [1.54, 1.807) is 0 Å². The van der Waals surface area contributed by atoms with Crippen molar-refractivity contribution in [2.24, 2.45) is 10.7 Å². The van der Waals surface area contributed by atoms with Gasteiger partial charge in [0.15, 0.2) is 5.96 Å². The average molecular weight is 445 g/mol. The number of ether oxygens (including phenoxy) is 1. The van der Waals surface area contributed by atoms with Crippen molar-refractivity contribution in [3.05, 3.63) is 29.8 Å². The third-order valence-electron chi connectivity index (χ3n) is 4.73. The fourth-order valence-electron chi connectivity index (χ4n) is 3.22. The number of para-hydroxylation sites is 1. The number of nitrogens with two attached hydrogens (primary N) is 1. The Bertz CT molecular complexity index is 568. The Kier molecular flexibility index (Phi) is 7.12. The summed E-state index contributed by atoms with van der Waals surface area (Å²) in [5.74, 6) is 1.46. The third-order valence-corrected chi connectivity index (χ3v) is 4.73. The number of likely N-dealkylation sites (N-methyl/N-ethyl adjacent to an activating group) is 2. The zero-order valence-corrected chi connectivity index (χ0v) is 16.8. The van der Waals surface area contributed by atoms with Crippen LogP contribution in [-0.4, -0.2) is 68.7 Å². The van der Waals surface area contributed by atoms with Crippen LogP contribution in [0, 0.1) is 0 Å². The molecule has 0 aromatic heterocycles. The molecule has 24 heavy (non-hydrogen) atoms. The quantitative estimate of drug-likeness (QED) is 0.417. The zero-order chi connectivity index (χ0) is 16.2. The molecule has 0 spiro atoms. The van der Waals surface area contributed by atoms with E-state index >= 15 is 0 Å². The van der Waals surface area contributed by atoms with Crippen molar-refractivity contribution in [3.63, 3.8) is 0 Å². The second kappa shape index (κ2) is 8.87. The normalized spacial score (nSPS) is 25.3. The Labute approximate surface area is 161 Å². The van der Waals surface area contributed by atoms with E-state index < -0.39 is 0 Å². The van der Waals surface area contributed by atoms with E-state index in [0.29, 0.717) is 18.6 Å². The number of benzene rings is 1. The molecule has 2 aliphatic heterocycles. The minimum Gasteiger partial charge on any atom is -0.493 e. The van der Waals surface area contributed by atoms with Gasteiger partial charge in [0.25, 0.3) is 0 Å². The fraction of sp³-hybridized carbons (Fsp3) is 0.588. The number of nitrogens with zero attached hydrogens (tertiary/aromatic N) is 3. The lowest BCUT2D eigenvalue weighted by molar-refractivity contribution is 0.119. The van der Waals surface area contributed by atoms with Gasteiger partial charge in [-0.05, 0) is 20.2 Å². The van der Waals surface area contributed by atoms with Gasteiger partial charge in [-0.1, -0.05) is 18.2 Å². The Hall–Kier alpha value is -1.06. The average Bonchev–Trinajstić information content (AvgIpc) is 2.56. The summed E-state index contributed by atoms with van der Waals surface area (Å²) in [6.07, 6.45) is 0.902. The highest BCUT2D eigenvalue weighted by Gasteiger charge is 2.23. The monoisotopic (exact) mass is 445 g/mol. The summed E-state index contributed by atoms with van der Waals surface area (Å²) in [7, 11) is 4.32. The van der Waals surface area contributed by atoms with Gasteiger partial charge in [-0.2, -0.15) is 0 Å². The van der Waals surface area contributed by atoms with Crippen molar-refractivity contribution in [2.45, 2.75) is 18.5 Å². The number of guanidine groups is 1. The molecule has 2 heterocycles. The molecule has 0 radical (unpaired) electrons. The Balaban J connectivity index is 0.00000208. The van der Waals surface area contributed by atoms with E-state index in [2.05, 4.69) is 40.3 Å². The molecule has 134 valence electrons. The van der Waals surface area contributed by atoms with Crippen molar-refractivity contribution in [1.82, 2.24) is 15.1 Å². The molecule has 7 heteroatoms. The van der Waals surface area contributed by atoms with Crippen LogP contribution >= 0.6 is 24.0 Å². The van der Waals surface area contributed by atoms with Crippen LogP contribution in [0.3, 0.4) is 0 Å². The molecule has 2 aliphatic rings. The summed E-state index contributed by atoms with van der Waals surface area (Å²) in [6, 6.07) is 8.72. The fourth-order valence-corrected chi connectivity index (χ4v) is 3.22. The first-order valence-corrected chi connectivity index (χ1v) is 8.30. The molecule has 2 atom stereocenters. The topological polar surface area (TPSA) is 66.1 Å².